The molecule has 3 fully saturated rings. The maximum atomic E-state index is 12.3. The van der Waals surface area contributed by atoms with E-state index in [9.17, 15) is 14.4 Å². The van der Waals surface area contributed by atoms with Gasteiger partial charge >= 0.3 is 0 Å². The van der Waals surface area contributed by atoms with E-state index in [2.05, 4.69) is 75.5 Å². The molecule has 1 saturated carbocycles. The minimum Gasteiger partial charge on any atom is -0.359 e. The number of anilines is 3. The third kappa shape index (κ3) is 6.96. The highest BCUT2D eigenvalue weighted by atomic mass is 32.2. The van der Waals surface area contributed by atoms with Crippen molar-refractivity contribution in [3.05, 3.63) is 59.4 Å². The van der Waals surface area contributed by atoms with Crippen LogP contribution in [0.5, 0.6) is 0 Å². The number of nitrogens with one attached hydrogen (secondary N) is 3. The summed E-state index contributed by atoms with van der Waals surface area (Å²) in [7, 11) is 3.49. The molecule has 2 saturated heterocycles. The first-order valence-corrected chi connectivity index (χ1v) is 19.0. The smallest absolute Gasteiger partial charge is 0.236 e. The quantitative estimate of drug-likeness (QED) is 0.145. The van der Waals surface area contributed by atoms with Crippen molar-refractivity contribution in [2.75, 3.05) is 55.3 Å². The summed E-state index contributed by atoms with van der Waals surface area (Å²) in [6.45, 7) is 5.09. The molecule has 1 aliphatic carbocycles. The Morgan fingerprint density at radius 1 is 1.10 bits per heavy atom. The Morgan fingerprint density at radius 3 is 2.65 bits per heavy atom. The zero-order valence-electron chi connectivity index (χ0n) is 29.7. The molecule has 52 heavy (non-hydrogen) atoms. The Hall–Kier alpha value is -4.60. The van der Waals surface area contributed by atoms with Gasteiger partial charge in [-0.25, -0.2) is 14.3 Å². The molecule has 3 aromatic heterocycles. The van der Waals surface area contributed by atoms with Crippen LogP contribution in [0.1, 0.15) is 67.6 Å². The van der Waals surface area contributed by atoms with Crippen molar-refractivity contribution < 1.29 is 14.4 Å². The van der Waals surface area contributed by atoms with Crippen LogP contribution in [0.15, 0.2) is 47.8 Å². The maximum absolute atomic E-state index is 12.3. The molecular weight excluding hydrogens is 679 g/mol. The fourth-order valence-electron chi connectivity index (χ4n) is 7.83. The summed E-state index contributed by atoms with van der Waals surface area (Å²) in [5.41, 5.74) is 4.15. The minimum absolute atomic E-state index is 0.0652. The lowest BCUT2D eigenvalue weighted by molar-refractivity contribution is -0.120. The van der Waals surface area contributed by atoms with E-state index in [0.29, 0.717) is 23.5 Å². The van der Waals surface area contributed by atoms with Gasteiger partial charge in [0.25, 0.3) is 0 Å². The van der Waals surface area contributed by atoms with Crippen molar-refractivity contribution in [3.8, 4) is 0 Å². The number of rotatable bonds is 12. The Balaban J connectivity index is 0.809. The lowest BCUT2D eigenvalue weighted by Crippen LogP contribution is -2.36. The molecule has 0 bridgehead atoms. The Bertz CT molecular complexity index is 1980. The molecular formula is C37H45N11O3S. The van der Waals surface area contributed by atoms with Crippen LogP contribution in [0, 0.1) is 0 Å². The number of aryl methyl sites for hydroxylation is 1. The van der Waals surface area contributed by atoms with Gasteiger partial charge in [-0.05, 0) is 105 Å². The van der Waals surface area contributed by atoms with Gasteiger partial charge in [0.15, 0.2) is 5.82 Å². The van der Waals surface area contributed by atoms with Crippen LogP contribution < -0.4 is 20.9 Å². The number of piperidine rings is 2. The van der Waals surface area contributed by atoms with E-state index in [-0.39, 0.29) is 36.2 Å². The number of likely N-dealkylation sites (tertiary alicyclic amines) is 1. The normalized spacial score (nSPS) is 19.1. The predicted molar refractivity (Wildman–Crippen MR) is 200 cm³/mol. The highest BCUT2D eigenvalue weighted by molar-refractivity contribution is 7.97. The molecule has 3 N–H and O–H groups in total. The number of aromatic nitrogens is 5. The first-order chi connectivity index (χ1) is 25.3. The average Bonchev–Trinajstić information content (AvgIpc) is 3.84. The van der Waals surface area contributed by atoms with Crippen molar-refractivity contribution in [2.24, 2.45) is 7.05 Å². The number of amides is 3. The zero-order chi connectivity index (χ0) is 35.8. The number of carbonyl (C=O) groups excluding carboxylic acids is 3. The highest BCUT2D eigenvalue weighted by Gasteiger charge is 2.57. The van der Waals surface area contributed by atoms with E-state index < -0.39 is 0 Å². The van der Waals surface area contributed by atoms with Gasteiger partial charge in [-0.2, -0.15) is 10.1 Å². The van der Waals surface area contributed by atoms with E-state index in [1.807, 2.05) is 24.1 Å². The molecule has 0 unspecified atom stereocenters. The lowest BCUT2D eigenvalue weighted by Gasteiger charge is -2.32. The molecule has 6 heterocycles. The van der Waals surface area contributed by atoms with Gasteiger partial charge in [0.2, 0.25) is 24.2 Å². The number of hydrogen-bond donors (Lipinski definition) is 3. The molecule has 272 valence electrons. The molecule has 0 radical (unpaired) electrons. The number of benzene rings is 1. The molecule has 14 nitrogen and oxygen atoms in total. The topological polar surface area (TPSA) is 154 Å². The van der Waals surface area contributed by atoms with Gasteiger partial charge < -0.3 is 16.0 Å². The second-order valence-electron chi connectivity index (χ2n) is 14.4. The van der Waals surface area contributed by atoms with Crippen LogP contribution in [0.3, 0.4) is 0 Å². The van der Waals surface area contributed by atoms with Crippen molar-refractivity contribution in [2.45, 2.75) is 73.9 Å². The summed E-state index contributed by atoms with van der Waals surface area (Å²) >= 11 is 1.73. The minimum atomic E-state index is -0.358. The second-order valence-corrected chi connectivity index (χ2v) is 15.5. The van der Waals surface area contributed by atoms with E-state index in [0.717, 1.165) is 99.2 Å². The van der Waals surface area contributed by atoms with Crippen molar-refractivity contribution in [1.82, 2.24) is 39.3 Å². The van der Waals surface area contributed by atoms with Gasteiger partial charge in [-0.15, -0.1) is 0 Å². The fraction of sp³-hybridized carbons (Fsp3) is 0.486. The van der Waals surface area contributed by atoms with Gasteiger partial charge in [0.1, 0.15) is 10.8 Å². The van der Waals surface area contributed by atoms with Gasteiger partial charge in [-0.1, -0.05) is 6.07 Å². The SMILES string of the molecule is CNC(=O)CCN(C=O)c1nn(C)c2cc(C3CCN(Cc4ccnc(SN5CCC(Nc6ncc7c(n6)NC(=O)C76CC6)CC5)c4)CC3)ccc12. The Labute approximate surface area is 307 Å². The second kappa shape index (κ2) is 14.4. The van der Waals surface area contributed by atoms with Crippen LogP contribution in [0.4, 0.5) is 17.6 Å². The molecule has 15 heteroatoms. The standard InChI is InChI=1S/C37H45N11O3S/c1-38-31(50)10-16-47(23-49)34-28-4-3-26(20-30(28)45(2)44-34)25-6-14-46(15-7-25)22-24-5-13-39-32(19-24)52-48-17-8-27(9-18-48)41-36-40-21-29-33(43-36)42-35(51)37(29)11-12-37/h3-5,13,19-21,23,25,27H,6-12,14-18,22H2,1-2H3,(H,38,50)(H2,40,41,42,43,51). The van der Waals surface area contributed by atoms with Crippen LogP contribution in [-0.2, 0) is 33.4 Å². The monoisotopic (exact) mass is 723 g/mol. The van der Waals surface area contributed by atoms with Crippen LogP contribution >= 0.6 is 11.9 Å². The molecule has 3 amide bonds. The fourth-order valence-corrected chi connectivity index (χ4v) is 8.80. The Kier molecular flexibility index (Phi) is 9.57. The van der Waals surface area contributed by atoms with Gasteiger partial charge in [-0.3, -0.25) is 28.9 Å². The highest BCUT2D eigenvalue weighted by Crippen LogP contribution is 2.54. The number of carbonyl (C=O) groups is 3. The zero-order valence-corrected chi connectivity index (χ0v) is 30.5. The summed E-state index contributed by atoms with van der Waals surface area (Å²) in [5, 5.41) is 15.6. The molecule has 8 rings (SSSR count). The summed E-state index contributed by atoms with van der Waals surface area (Å²) in [4.78, 5) is 53.9. The number of nitrogens with zero attached hydrogens (tertiary/aromatic N) is 8. The summed E-state index contributed by atoms with van der Waals surface area (Å²) < 4.78 is 4.22. The van der Waals surface area contributed by atoms with Crippen molar-refractivity contribution in [1.29, 1.82) is 0 Å². The number of hydrogen-bond acceptors (Lipinski definition) is 11. The molecule has 1 aromatic carbocycles. The van der Waals surface area contributed by atoms with E-state index in [4.69, 9.17) is 0 Å². The maximum Gasteiger partial charge on any atom is 0.236 e. The molecule has 1 spiro atoms. The van der Waals surface area contributed by atoms with Gasteiger partial charge in [0.05, 0.1) is 10.9 Å². The average molecular weight is 724 g/mol. The number of pyridine rings is 1. The summed E-state index contributed by atoms with van der Waals surface area (Å²) in [6, 6.07) is 11.1. The van der Waals surface area contributed by atoms with E-state index in [1.54, 1.807) is 19.0 Å². The van der Waals surface area contributed by atoms with Crippen molar-refractivity contribution in [3.63, 3.8) is 0 Å². The van der Waals surface area contributed by atoms with Crippen LogP contribution in [0.2, 0.25) is 0 Å². The van der Waals surface area contributed by atoms with Crippen LogP contribution in [-0.4, -0.2) is 98.0 Å². The van der Waals surface area contributed by atoms with E-state index in [1.165, 1.54) is 16.0 Å². The largest absolute Gasteiger partial charge is 0.359 e. The van der Waals surface area contributed by atoms with Crippen molar-refractivity contribution >= 4 is 58.7 Å². The first-order valence-electron chi connectivity index (χ1n) is 18.3. The van der Waals surface area contributed by atoms with Gasteiger partial charge in [0, 0.05) is 76.1 Å². The first kappa shape index (κ1) is 34.5. The number of fused-ring (bicyclic) bond motifs is 3. The predicted octanol–water partition coefficient (Wildman–Crippen LogP) is 3.80. The summed E-state index contributed by atoms with van der Waals surface area (Å²) in [5.74, 6) is 2.25. The molecule has 0 atom stereocenters. The van der Waals surface area contributed by atoms with Crippen LogP contribution in [0.25, 0.3) is 10.9 Å². The molecule has 4 aromatic rings. The summed E-state index contributed by atoms with van der Waals surface area (Å²) in [6.07, 6.45) is 10.6. The third-order valence-corrected chi connectivity index (χ3v) is 12.1. The molecule has 4 aliphatic rings. The Morgan fingerprint density at radius 2 is 1.90 bits per heavy atom. The molecule has 3 aliphatic heterocycles. The lowest BCUT2D eigenvalue weighted by atomic mass is 9.89. The third-order valence-electron chi connectivity index (χ3n) is 11.1. The van der Waals surface area contributed by atoms with E-state index >= 15 is 0 Å².